The van der Waals surface area contributed by atoms with Gasteiger partial charge in [-0.2, -0.15) is 0 Å². The van der Waals surface area contributed by atoms with E-state index in [1.165, 1.54) is 68.5 Å². The van der Waals surface area contributed by atoms with E-state index in [1.807, 2.05) is 6.20 Å². The maximum atomic E-state index is 5.04. The number of rotatable bonds is 10. The molecule has 0 spiro atoms. The molecule has 3 rings (SSSR count). The molecule has 3 unspecified atom stereocenters. The summed E-state index contributed by atoms with van der Waals surface area (Å²) in [6.07, 6.45) is 21.0. The molecule has 1 nitrogen and oxygen atoms in total. The Kier molecular flexibility index (Phi) is 8.73. The molecule has 29 heavy (non-hydrogen) atoms. The number of nitrogens with zero attached hydrogens (tertiary/aromatic N) is 1. The van der Waals surface area contributed by atoms with Gasteiger partial charge in [0.25, 0.3) is 0 Å². The highest BCUT2D eigenvalue weighted by atomic mass is 31.1. The summed E-state index contributed by atoms with van der Waals surface area (Å²) in [7, 11) is 1.11. The average Bonchev–Trinajstić information content (AvgIpc) is 2.85. The van der Waals surface area contributed by atoms with Crippen LogP contribution in [-0.4, -0.2) is 17.3 Å². The molecule has 158 valence electrons. The van der Waals surface area contributed by atoms with E-state index in [0.29, 0.717) is 17.8 Å². The zero-order valence-corrected chi connectivity index (χ0v) is 20.0. The molecule has 2 heteroatoms. The van der Waals surface area contributed by atoms with Crippen molar-refractivity contribution in [1.29, 1.82) is 0 Å². The third kappa shape index (κ3) is 5.49. The predicted octanol–water partition coefficient (Wildman–Crippen LogP) is 8.15. The Morgan fingerprint density at radius 3 is 2.69 bits per heavy atom. The van der Waals surface area contributed by atoms with Crippen molar-refractivity contribution in [1.82, 2.24) is 4.98 Å². The molecule has 0 aromatic carbocycles. The molecule has 3 atom stereocenters. The number of aromatic nitrogens is 1. The molecule has 0 saturated heterocycles. The predicted molar refractivity (Wildman–Crippen MR) is 131 cm³/mol. The number of hydrogen-bond donors (Lipinski definition) is 0. The van der Waals surface area contributed by atoms with Gasteiger partial charge in [0.05, 0.1) is 5.69 Å². The van der Waals surface area contributed by atoms with Gasteiger partial charge in [-0.15, -0.1) is 8.58 Å². The van der Waals surface area contributed by atoms with Gasteiger partial charge in [0.15, 0.2) is 0 Å². The van der Waals surface area contributed by atoms with E-state index in [4.69, 9.17) is 4.98 Å². The monoisotopic (exact) mass is 409 g/mol. The molecule has 0 amide bonds. The van der Waals surface area contributed by atoms with Crippen molar-refractivity contribution in [3.63, 3.8) is 0 Å². The minimum absolute atomic E-state index is 0.455. The normalized spacial score (nSPS) is 21.5. The third-order valence-corrected chi connectivity index (χ3v) is 7.73. The average molecular weight is 410 g/mol. The number of allylic oxidation sites excluding steroid dienone is 6. The lowest BCUT2D eigenvalue weighted by Crippen LogP contribution is -2.19. The van der Waals surface area contributed by atoms with Crippen molar-refractivity contribution in [3.05, 3.63) is 59.0 Å². The first-order valence-electron chi connectivity index (χ1n) is 12.0. The van der Waals surface area contributed by atoms with Crippen LogP contribution in [0.4, 0.5) is 0 Å². The molecule has 2 aliphatic rings. The first-order chi connectivity index (χ1) is 14.2. The van der Waals surface area contributed by atoms with Crippen molar-refractivity contribution in [3.8, 4) is 0 Å². The molecular weight excluding hydrogens is 369 g/mol. The van der Waals surface area contributed by atoms with Crippen molar-refractivity contribution in [2.45, 2.75) is 78.6 Å². The summed E-state index contributed by atoms with van der Waals surface area (Å²) in [5.41, 5.74) is 7.49. The standard InChI is InChI=1S/C27H40NP/c1-5-10-21(11-6-2)26-24-15-14-20(4)18-23(24)19-22(12-9-17-29-7-3)25-13-8-16-28-27(25)26/h8,13-16,19-21,26,29H,5-7,9-12,17-18H2,1-4H3. The highest BCUT2D eigenvalue weighted by Gasteiger charge is 2.33. The molecule has 0 fully saturated rings. The molecule has 0 N–H and O–H groups in total. The third-order valence-electron chi connectivity index (χ3n) is 6.52. The van der Waals surface area contributed by atoms with Crippen LogP contribution in [0, 0.1) is 11.8 Å². The minimum Gasteiger partial charge on any atom is -0.260 e. The fourth-order valence-corrected chi connectivity index (χ4v) is 5.99. The molecular formula is C27H40NP. The molecule has 1 aromatic heterocycles. The Hall–Kier alpha value is -1.20. The SMILES string of the molecule is CCCC(CCC)C1C2=C(C=C(CCCPCC)c3cccnc31)CC(C)C=C2. The minimum atomic E-state index is 0.455. The number of pyridine rings is 1. The zero-order valence-electron chi connectivity index (χ0n) is 19.0. The second-order valence-corrected chi connectivity index (χ2v) is 10.6. The van der Waals surface area contributed by atoms with E-state index in [9.17, 15) is 0 Å². The van der Waals surface area contributed by atoms with Gasteiger partial charge >= 0.3 is 0 Å². The first-order valence-corrected chi connectivity index (χ1v) is 13.4. The lowest BCUT2D eigenvalue weighted by Gasteiger charge is -2.31. The van der Waals surface area contributed by atoms with Crippen LogP contribution >= 0.6 is 8.58 Å². The van der Waals surface area contributed by atoms with Crippen LogP contribution in [0.5, 0.6) is 0 Å². The maximum Gasteiger partial charge on any atom is 0.0556 e. The highest BCUT2D eigenvalue weighted by Crippen LogP contribution is 2.47. The van der Waals surface area contributed by atoms with Crippen LogP contribution < -0.4 is 0 Å². The van der Waals surface area contributed by atoms with Crippen LogP contribution in [0.3, 0.4) is 0 Å². The van der Waals surface area contributed by atoms with E-state index in [2.05, 4.69) is 58.1 Å². The van der Waals surface area contributed by atoms with Crippen LogP contribution in [0.2, 0.25) is 0 Å². The lowest BCUT2D eigenvalue weighted by atomic mass is 9.74. The first kappa shape index (κ1) is 22.5. The van der Waals surface area contributed by atoms with Crippen LogP contribution in [0.1, 0.15) is 89.8 Å². The Bertz CT molecular complexity index is 752. The van der Waals surface area contributed by atoms with Gasteiger partial charge in [-0.25, -0.2) is 0 Å². The van der Waals surface area contributed by atoms with E-state index in [0.717, 1.165) is 8.58 Å². The molecule has 1 heterocycles. The Morgan fingerprint density at radius 2 is 1.97 bits per heavy atom. The van der Waals surface area contributed by atoms with E-state index in [-0.39, 0.29) is 0 Å². The molecule has 0 bridgehead atoms. The fourth-order valence-electron chi connectivity index (χ4n) is 5.21. The van der Waals surface area contributed by atoms with Gasteiger partial charge < -0.3 is 0 Å². The quantitative estimate of drug-likeness (QED) is 0.281. The van der Waals surface area contributed by atoms with Crippen LogP contribution in [0.25, 0.3) is 5.57 Å². The molecule has 2 aliphatic carbocycles. The summed E-state index contributed by atoms with van der Waals surface area (Å²) < 4.78 is 0. The summed E-state index contributed by atoms with van der Waals surface area (Å²) in [6, 6.07) is 4.50. The maximum absolute atomic E-state index is 5.04. The molecule has 1 aromatic rings. The largest absolute Gasteiger partial charge is 0.260 e. The van der Waals surface area contributed by atoms with Gasteiger partial charge in [0.1, 0.15) is 0 Å². The Balaban J connectivity index is 2.06. The summed E-state index contributed by atoms with van der Waals surface area (Å²) in [5, 5.41) is 0. The van der Waals surface area contributed by atoms with Gasteiger partial charge in [0.2, 0.25) is 0 Å². The molecule has 0 saturated carbocycles. The van der Waals surface area contributed by atoms with Gasteiger partial charge in [0, 0.05) is 12.1 Å². The summed E-state index contributed by atoms with van der Waals surface area (Å²) in [4.78, 5) is 5.04. The fraction of sp³-hybridized carbons (Fsp3) is 0.593. The van der Waals surface area contributed by atoms with Crippen molar-refractivity contribution in [2.75, 3.05) is 12.3 Å². The molecule has 0 radical (unpaired) electrons. The van der Waals surface area contributed by atoms with Crippen molar-refractivity contribution in [2.24, 2.45) is 11.8 Å². The smallest absolute Gasteiger partial charge is 0.0556 e. The van der Waals surface area contributed by atoms with E-state index in [1.54, 1.807) is 16.7 Å². The van der Waals surface area contributed by atoms with Crippen LogP contribution in [0.15, 0.2) is 47.7 Å². The second-order valence-electron chi connectivity index (χ2n) is 8.90. The summed E-state index contributed by atoms with van der Waals surface area (Å²) in [5.74, 6) is 1.78. The highest BCUT2D eigenvalue weighted by molar-refractivity contribution is 7.37. The van der Waals surface area contributed by atoms with E-state index < -0.39 is 0 Å². The van der Waals surface area contributed by atoms with Crippen molar-refractivity contribution < 1.29 is 0 Å². The topological polar surface area (TPSA) is 12.9 Å². The van der Waals surface area contributed by atoms with Gasteiger partial charge in [-0.05, 0) is 84.6 Å². The zero-order chi connectivity index (χ0) is 20.6. The lowest BCUT2D eigenvalue weighted by molar-refractivity contribution is 0.388. The molecule has 0 aliphatic heterocycles. The summed E-state index contributed by atoms with van der Waals surface area (Å²) >= 11 is 0. The van der Waals surface area contributed by atoms with Gasteiger partial charge in [-0.1, -0.05) is 64.8 Å². The Labute approximate surface area is 181 Å². The number of hydrogen-bond acceptors (Lipinski definition) is 1. The Morgan fingerprint density at radius 1 is 1.17 bits per heavy atom. The van der Waals surface area contributed by atoms with E-state index >= 15 is 0 Å². The van der Waals surface area contributed by atoms with Crippen LogP contribution in [-0.2, 0) is 0 Å². The van der Waals surface area contributed by atoms with Gasteiger partial charge in [-0.3, -0.25) is 4.98 Å². The van der Waals surface area contributed by atoms with Crippen molar-refractivity contribution >= 4 is 14.2 Å². The number of fused-ring (bicyclic) bond motifs is 1. The second kappa shape index (κ2) is 11.3. The summed E-state index contributed by atoms with van der Waals surface area (Å²) in [6.45, 7) is 9.34.